The average molecular weight is 556 g/mol. The van der Waals surface area contributed by atoms with E-state index in [1.165, 1.54) is 11.0 Å². The maximum atomic E-state index is 14.1. The third-order valence-corrected chi connectivity index (χ3v) is 8.02. The van der Waals surface area contributed by atoms with E-state index in [9.17, 15) is 39.6 Å². The van der Waals surface area contributed by atoms with Crippen molar-refractivity contribution in [1.82, 2.24) is 10.2 Å². The Hall–Kier alpha value is -3.70. The first-order chi connectivity index (χ1) is 18.3. The number of ketones is 3. The summed E-state index contributed by atoms with van der Waals surface area (Å²) in [5, 5.41) is 48.4. The van der Waals surface area contributed by atoms with Crippen LogP contribution in [0.2, 0.25) is 0 Å². The first-order valence-corrected chi connectivity index (χ1v) is 13.1. The van der Waals surface area contributed by atoms with E-state index in [0.29, 0.717) is 11.3 Å². The van der Waals surface area contributed by atoms with Crippen molar-refractivity contribution in [2.75, 3.05) is 33.1 Å². The minimum atomic E-state index is -2.65. The molecule has 1 saturated carbocycles. The first-order valence-electron chi connectivity index (χ1n) is 13.1. The molecule has 0 heterocycles. The molecule has 216 valence electrons. The van der Waals surface area contributed by atoms with Gasteiger partial charge in [-0.1, -0.05) is 0 Å². The largest absolute Gasteiger partial charge is 0.508 e. The van der Waals surface area contributed by atoms with Crippen LogP contribution in [0, 0.1) is 11.8 Å². The lowest BCUT2D eigenvalue weighted by molar-refractivity contribution is -0.153. The molecule has 1 fully saturated rings. The van der Waals surface area contributed by atoms with E-state index < -0.39 is 75.1 Å². The molecule has 0 saturated heterocycles. The summed E-state index contributed by atoms with van der Waals surface area (Å²) in [7, 11) is 6.65. The van der Waals surface area contributed by atoms with E-state index in [2.05, 4.69) is 5.32 Å². The number of hydrogen-bond donors (Lipinski definition) is 5. The van der Waals surface area contributed by atoms with Gasteiger partial charge < -0.3 is 30.6 Å². The summed E-state index contributed by atoms with van der Waals surface area (Å²) in [4.78, 5) is 56.0. The Balaban J connectivity index is 1.99. The molecule has 0 unspecified atom stereocenters. The summed E-state index contributed by atoms with van der Waals surface area (Å²) >= 11 is 0. The molecule has 3 aliphatic carbocycles. The number of phenols is 1. The molecule has 0 spiro atoms. The van der Waals surface area contributed by atoms with Crippen LogP contribution in [-0.4, -0.2) is 94.0 Å². The molecular weight excluding hydrogens is 518 g/mol. The standard InChI is InChI=1S/C29H37N3O8/c1-12(33)18-24(36)21(32(7)8)16-10-13-9-14-17(31(5)6)11-15(27(39)30-28(2,3)4)22(34)20(14)23(35)19(13)26(38)29(16,40)25(18)37/h11,13,16,21,34-35,37,40H,9-10H2,1-8H3,(H,30,39)/t13-,16-,21+,29+/m0/s1. The Labute approximate surface area is 232 Å². The molecule has 5 N–H and O–H groups in total. The Kier molecular flexibility index (Phi) is 6.92. The number of nitrogens with zero attached hydrogens (tertiary/aromatic N) is 2. The number of carbonyl (C=O) groups is 4. The fourth-order valence-corrected chi connectivity index (χ4v) is 6.37. The monoisotopic (exact) mass is 555 g/mol. The highest BCUT2D eigenvalue weighted by Crippen LogP contribution is 2.54. The SMILES string of the molecule is CC(=O)C1=C(O)[C@@]2(O)C(=O)C3=C(O)c4c(O)c(C(=O)NC(C)(C)C)cc(N(C)C)c4C[C@H]3C[C@H]2[C@@H](N(C)C)C1=O. The van der Waals surface area contributed by atoms with Gasteiger partial charge in [-0.3, -0.25) is 24.1 Å². The predicted octanol–water partition coefficient (Wildman–Crippen LogP) is 1.66. The number of aliphatic hydroxyl groups is 3. The van der Waals surface area contributed by atoms with Gasteiger partial charge in [-0.2, -0.15) is 0 Å². The number of amides is 1. The smallest absolute Gasteiger partial charge is 0.255 e. The van der Waals surface area contributed by atoms with Crippen LogP contribution < -0.4 is 10.2 Å². The molecule has 4 atom stereocenters. The van der Waals surface area contributed by atoms with Crippen LogP contribution in [-0.2, 0) is 20.8 Å². The van der Waals surface area contributed by atoms with Crippen molar-refractivity contribution in [3.8, 4) is 5.75 Å². The van der Waals surface area contributed by atoms with Gasteiger partial charge in [-0.05, 0) is 72.2 Å². The number of hydrogen-bond acceptors (Lipinski definition) is 10. The molecule has 11 heteroatoms. The maximum absolute atomic E-state index is 14.1. The number of benzene rings is 1. The highest BCUT2D eigenvalue weighted by molar-refractivity contribution is 6.25. The lowest BCUT2D eigenvalue weighted by atomic mass is 9.57. The van der Waals surface area contributed by atoms with Crippen LogP contribution in [0.3, 0.4) is 0 Å². The van der Waals surface area contributed by atoms with E-state index in [-0.39, 0.29) is 29.5 Å². The van der Waals surface area contributed by atoms with Gasteiger partial charge >= 0.3 is 0 Å². The van der Waals surface area contributed by atoms with Crippen LogP contribution >= 0.6 is 0 Å². The van der Waals surface area contributed by atoms with Gasteiger partial charge in [-0.25, -0.2) is 0 Å². The van der Waals surface area contributed by atoms with Crippen molar-refractivity contribution >= 4 is 34.7 Å². The Morgan fingerprint density at radius 1 is 1.07 bits per heavy atom. The second kappa shape index (κ2) is 9.45. The summed E-state index contributed by atoms with van der Waals surface area (Å²) in [5.74, 6) is -7.09. The lowest BCUT2D eigenvalue weighted by Gasteiger charge is -2.50. The number of likely N-dealkylation sites (N-methyl/N-ethyl adjacent to an activating group) is 1. The van der Waals surface area contributed by atoms with E-state index in [4.69, 9.17) is 0 Å². The maximum Gasteiger partial charge on any atom is 0.255 e. The minimum absolute atomic E-state index is 0.0186. The molecule has 0 radical (unpaired) electrons. The van der Waals surface area contributed by atoms with Crippen molar-refractivity contribution in [3.05, 3.63) is 39.7 Å². The number of phenolic OH excluding ortho intramolecular Hbond substituents is 1. The van der Waals surface area contributed by atoms with Crippen molar-refractivity contribution in [1.29, 1.82) is 0 Å². The molecule has 3 aliphatic rings. The highest BCUT2D eigenvalue weighted by atomic mass is 16.3. The predicted molar refractivity (Wildman–Crippen MR) is 147 cm³/mol. The average Bonchev–Trinajstić information content (AvgIpc) is 2.79. The van der Waals surface area contributed by atoms with Crippen molar-refractivity contribution in [2.24, 2.45) is 11.8 Å². The van der Waals surface area contributed by atoms with Gasteiger partial charge in [0.2, 0.25) is 5.78 Å². The van der Waals surface area contributed by atoms with Gasteiger partial charge in [0, 0.05) is 36.8 Å². The summed E-state index contributed by atoms with van der Waals surface area (Å²) in [6, 6.07) is 0.439. The van der Waals surface area contributed by atoms with E-state index in [1.54, 1.807) is 53.9 Å². The minimum Gasteiger partial charge on any atom is -0.508 e. The second-order valence-electron chi connectivity index (χ2n) is 12.4. The first kappa shape index (κ1) is 29.3. The summed E-state index contributed by atoms with van der Waals surface area (Å²) in [6.45, 7) is 6.40. The number of Topliss-reactive ketones (excluding diaryl/α,β-unsaturated/α-hetero) is 3. The third-order valence-electron chi connectivity index (χ3n) is 8.02. The Bertz CT molecular complexity index is 1410. The zero-order valence-corrected chi connectivity index (χ0v) is 24.0. The highest BCUT2D eigenvalue weighted by Gasteiger charge is 2.64. The second-order valence-corrected chi connectivity index (χ2v) is 12.4. The number of fused-ring (bicyclic) bond motifs is 3. The quantitative estimate of drug-likeness (QED) is 0.345. The number of aromatic hydroxyl groups is 1. The van der Waals surface area contributed by atoms with Gasteiger partial charge in [0.05, 0.1) is 17.2 Å². The normalized spacial score (nSPS) is 26.4. The fourth-order valence-electron chi connectivity index (χ4n) is 6.37. The summed E-state index contributed by atoms with van der Waals surface area (Å²) < 4.78 is 0. The van der Waals surface area contributed by atoms with Gasteiger partial charge in [0.15, 0.2) is 17.2 Å². The molecular formula is C29H37N3O8. The molecule has 4 rings (SSSR count). The lowest BCUT2D eigenvalue weighted by Crippen LogP contribution is -2.65. The van der Waals surface area contributed by atoms with E-state index in [1.807, 2.05) is 0 Å². The molecule has 11 nitrogen and oxygen atoms in total. The van der Waals surface area contributed by atoms with Crippen LogP contribution in [0.25, 0.3) is 5.76 Å². The van der Waals surface area contributed by atoms with Crippen molar-refractivity contribution < 1.29 is 39.6 Å². The molecule has 40 heavy (non-hydrogen) atoms. The number of aliphatic hydroxyl groups excluding tert-OH is 2. The molecule has 0 aliphatic heterocycles. The van der Waals surface area contributed by atoms with E-state index in [0.717, 1.165) is 6.92 Å². The molecule has 1 aromatic rings. The van der Waals surface area contributed by atoms with Gasteiger partial charge in [0.1, 0.15) is 22.8 Å². The third kappa shape index (κ3) is 4.19. The number of anilines is 1. The van der Waals surface area contributed by atoms with Crippen LogP contribution in [0.4, 0.5) is 5.69 Å². The van der Waals surface area contributed by atoms with Gasteiger partial charge in [-0.15, -0.1) is 0 Å². The topological polar surface area (TPSA) is 168 Å². The molecule has 1 amide bonds. The molecule has 0 aromatic heterocycles. The van der Waals surface area contributed by atoms with Gasteiger partial charge in [0.25, 0.3) is 5.91 Å². The van der Waals surface area contributed by atoms with Crippen molar-refractivity contribution in [2.45, 2.75) is 57.7 Å². The summed E-state index contributed by atoms with van der Waals surface area (Å²) in [5.41, 5.74) is -3.36. The molecule has 1 aromatic carbocycles. The Morgan fingerprint density at radius 3 is 2.17 bits per heavy atom. The zero-order chi connectivity index (χ0) is 30.2. The molecule has 0 bridgehead atoms. The van der Waals surface area contributed by atoms with Crippen LogP contribution in [0.1, 0.15) is 55.6 Å². The summed E-state index contributed by atoms with van der Waals surface area (Å²) in [6.07, 6.45) is 0.165. The zero-order valence-electron chi connectivity index (χ0n) is 24.0. The number of nitrogens with one attached hydrogen (secondary N) is 1. The van der Waals surface area contributed by atoms with Crippen molar-refractivity contribution in [3.63, 3.8) is 0 Å². The number of rotatable bonds is 4. The van der Waals surface area contributed by atoms with Crippen LogP contribution in [0.15, 0.2) is 23.0 Å². The fraction of sp³-hybridized carbons (Fsp3) is 0.517. The Morgan fingerprint density at radius 2 is 1.68 bits per heavy atom. The van der Waals surface area contributed by atoms with Crippen LogP contribution in [0.5, 0.6) is 5.75 Å². The van der Waals surface area contributed by atoms with E-state index >= 15 is 0 Å². The number of carbonyl (C=O) groups excluding carboxylic acids is 4.